The highest BCUT2D eigenvalue weighted by atomic mass is 16.4. The second-order valence-corrected chi connectivity index (χ2v) is 3.26. The molecule has 1 aromatic heterocycles. The second-order valence-electron chi connectivity index (χ2n) is 3.26. The summed E-state index contributed by atoms with van der Waals surface area (Å²) in [5.41, 5.74) is 1.88. The van der Waals surface area contributed by atoms with E-state index in [1.165, 1.54) is 0 Å². The lowest BCUT2D eigenvalue weighted by Gasteiger charge is -1.99. The zero-order valence-corrected chi connectivity index (χ0v) is 7.74. The molecule has 0 radical (unpaired) electrons. The van der Waals surface area contributed by atoms with Crippen molar-refractivity contribution in [2.45, 2.75) is 20.0 Å². The SMILES string of the molecule is Cc1c([C@@H](C)O)oc2ccccc12. The first kappa shape index (κ1) is 8.32. The largest absolute Gasteiger partial charge is 0.458 e. The lowest BCUT2D eigenvalue weighted by atomic mass is 10.1. The van der Waals surface area contributed by atoms with E-state index in [1.54, 1.807) is 6.92 Å². The van der Waals surface area contributed by atoms with Crippen molar-refractivity contribution in [2.24, 2.45) is 0 Å². The number of aryl methyl sites for hydroxylation is 1. The molecule has 0 spiro atoms. The smallest absolute Gasteiger partial charge is 0.136 e. The summed E-state index contributed by atoms with van der Waals surface area (Å²) >= 11 is 0. The van der Waals surface area contributed by atoms with Crippen LogP contribution in [0.2, 0.25) is 0 Å². The number of benzene rings is 1. The predicted molar refractivity (Wildman–Crippen MR) is 51.6 cm³/mol. The maximum absolute atomic E-state index is 9.41. The summed E-state index contributed by atoms with van der Waals surface area (Å²) < 4.78 is 5.51. The molecule has 1 N–H and O–H groups in total. The molecule has 0 aliphatic rings. The minimum Gasteiger partial charge on any atom is -0.458 e. The van der Waals surface area contributed by atoms with Gasteiger partial charge in [0.05, 0.1) is 0 Å². The third-order valence-electron chi connectivity index (χ3n) is 2.26. The Kier molecular flexibility index (Phi) is 1.85. The van der Waals surface area contributed by atoms with E-state index < -0.39 is 6.10 Å². The van der Waals surface area contributed by atoms with Crippen LogP contribution in [0.4, 0.5) is 0 Å². The van der Waals surface area contributed by atoms with Gasteiger partial charge in [-0.1, -0.05) is 18.2 Å². The van der Waals surface area contributed by atoms with Crippen molar-refractivity contribution in [1.29, 1.82) is 0 Å². The van der Waals surface area contributed by atoms with Crippen molar-refractivity contribution in [1.82, 2.24) is 0 Å². The van der Waals surface area contributed by atoms with E-state index in [-0.39, 0.29) is 0 Å². The zero-order chi connectivity index (χ0) is 9.42. The van der Waals surface area contributed by atoms with Crippen LogP contribution in [0.15, 0.2) is 28.7 Å². The molecule has 0 bridgehead atoms. The molecule has 2 rings (SSSR count). The summed E-state index contributed by atoms with van der Waals surface area (Å²) in [4.78, 5) is 0. The molecule has 0 fully saturated rings. The lowest BCUT2D eigenvalue weighted by Crippen LogP contribution is -1.89. The van der Waals surface area contributed by atoms with Gasteiger partial charge in [-0.2, -0.15) is 0 Å². The van der Waals surface area contributed by atoms with Crippen molar-refractivity contribution in [2.75, 3.05) is 0 Å². The Morgan fingerprint density at radius 3 is 2.62 bits per heavy atom. The lowest BCUT2D eigenvalue weighted by molar-refractivity contribution is 0.171. The van der Waals surface area contributed by atoms with Crippen LogP contribution < -0.4 is 0 Å². The number of hydrogen-bond acceptors (Lipinski definition) is 2. The van der Waals surface area contributed by atoms with Crippen LogP contribution in [0.5, 0.6) is 0 Å². The minimum absolute atomic E-state index is 0.535. The van der Waals surface area contributed by atoms with E-state index in [0.29, 0.717) is 5.76 Å². The standard InChI is InChI=1S/C11H12O2/c1-7-9-5-3-4-6-10(9)13-11(7)8(2)12/h3-6,8,12H,1-2H3/t8-/m1/s1. The molecular formula is C11H12O2. The average Bonchev–Trinajstić information content (AvgIpc) is 2.45. The Balaban J connectivity index is 2.74. The van der Waals surface area contributed by atoms with Gasteiger partial charge in [0.25, 0.3) is 0 Å². The van der Waals surface area contributed by atoms with E-state index in [1.807, 2.05) is 31.2 Å². The molecule has 0 aliphatic heterocycles. The van der Waals surface area contributed by atoms with Gasteiger partial charge in [0, 0.05) is 10.9 Å². The van der Waals surface area contributed by atoms with Gasteiger partial charge in [-0.25, -0.2) is 0 Å². The topological polar surface area (TPSA) is 33.4 Å². The van der Waals surface area contributed by atoms with E-state index in [4.69, 9.17) is 4.42 Å². The van der Waals surface area contributed by atoms with Crippen molar-refractivity contribution in [3.63, 3.8) is 0 Å². The predicted octanol–water partition coefficient (Wildman–Crippen LogP) is 2.79. The Hall–Kier alpha value is -1.28. The van der Waals surface area contributed by atoms with Gasteiger partial charge >= 0.3 is 0 Å². The summed E-state index contributed by atoms with van der Waals surface area (Å²) in [5, 5.41) is 10.5. The van der Waals surface area contributed by atoms with Gasteiger partial charge in [0.1, 0.15) is 17.4 Å². The fraction of sp³-hybridized carbons (Fsp3) is 0.273. The van der Waals surface area contributed by atoms with E-state index in [9.17, 15) is 5.11 Å². The molecule has 13 heavy (non-hydrogen) atoms. The Labute approximate surface area is 76.8 Å². The number of aliphatic hydroxyl groups is 1. The summed E-state index contributed by atoms with van der Waals surface area (Å²) in [6, 6.07) is 7.81. The molecule has 0 saturated carbocycles. The zero-order valence-electron chi connectivity index (χ0n) is 7.74. The first-order chi connectivity index (χ1) is 6.20. The highest BCUT2D eigenvalue weighted by molar-refractivity contribution is 5.81. The van der Waals surface area contributed by atoms with Gasteiger partial charge < -0.3 is 9.52 Å². The maximum atomic E-state index is 9.41. The van der Waals surface area contributed by atoms with Gasteiger partial charge in [0.15, 0.2) is 0 Å². The molecule has 1 aromatic carbocycles. The molecule has 2 heteroatoms. The van der Waals surface area contributed by atoms with Crippen LogP contribution in [0.1, 0.15) is 24.4 Å². The van der Waals surface area contributed by atoms with Gasteiger partial charge in [-0.15, -0.1) is 0 Å². The van der Waals surface area contributed by atoms with Crippen LogP contribution in [0.3, 0.4) is 0 Å². The van der Waals surface area contributed by atoms with Crippen LogP contribution >= 0.6 is 0 Å². The molecule has 0 unspecified atom stereocenters. The minimum atomic E-state index is -0.535. The summed E-state index contributed by atoms with van der Waals surface area (Å²) in [7, 11) is 0. The van der Waals surface area contributed by atoms with Crippen LogP contribution in [-0.2, 0) is 0 Å². The number of furan rings is 1. The molecule has 68 valence electrons. The summed E-state index contributed by atoms with van der Waals surface area (Å²) in [6.45, 7) is 3.68. The number of fused-ring (bicyclic) bond motifs is 1. The summed E-state index contributed by atoms with van der Waals surface area (Å²) in [6.07, 6.45) is -0.535. The maximum Gasteiger partial charge on any atom is 0.136 e. The highest BCUT2D eigenvalue weighted by Crippen LogP contribution is 2.28. The van der Waals surface area contributed by atoms with Gasteiger partial charge in [-0.05, 0) is 19.9 Å². The fourth-order valence-electron chi connectivity index (χ4n) is 1.59. The monoisotopic (exact) mass is 176 g/mol. The van der Waals surface area contributed by atoms with E-state index in [0.717, 1.165) is 16.5 Å². The average molecular weight is 176 g/mol. The van der Waals surface area contributed by atoms with Gasteiger partial charge in [0.2, 0.25) is 0 Å². The fourth-order valence-corrected chi connectivity index (χ4v) is 1.59. The molecular weight excluding hydrogens is 164 g/mol. The van der Waals surface area contributed by atoms with Crippen LogP contribution in [-0.4, -0.2) is 5.11 Å². The first-order valence-corrected chi connectivity index (χ1v) is 4.36. The second kappa shape index (κ2) is 2.89. The Bertz CT molecular complexity index is 427. The van der Waals surface area contributed by atoms with E-state index in [2.05, 4.69) is 0 Å². The number of hydrogen-bond donors (Lipinski definition) is 1. The molecule has 0 aliphatic carbocycles. The number of para-hydroxylation sites is 1. The Morgan fingerprint density at radius 1 is 1.31 bits per heavy atom. The normalized spacial score (nSPS) is 13.5. The molecule has 0 amide bonds. The molecule has 2 aromatic rings. The third kappa shape index (κ3) is 1.23. The van der Waals surface area contributed by atoms with Crippen molar-refractivity contribution >= 4 is 11.0 Å². The quantitative estimate of drug-likeness (QED) is 0.724. The first-order valence-electron chi connectivity index (χ1n) is 4.36. The number of aliphatic hydroxyl groups excluding tert-OH is 1. The molecule has 2 nitrogen and oxygen atoms in total. The van der Waals surface area contributed by atoms with Crippen molar-refractivity contribution in [3.8, 4) is 0 Å². The molecule has 1 heterocycles. The van der Waals surface area contributed by atoms with Gasteiger partial charge in [-0.3, -0.25) is 0 Å². The van der Waals surface area contributed by atoms with E-state index >= 15 is 0 Å². The Morgan fingerprint density at radius 2 is 2.00 bits per heavy atom. The number of rotatable bonds is 1. The van der Waals surface area contributed by atoms with Crippen LogP contribution in [0.25, 0.3) is 11.0 Å². The highest BCUT2D eigenvalue weighted by Gasteiger charge is 2.13. The molecule has 1 atom stereocenters. The third-order valence-corrected chi connectivity index (χ3v) is 2.26. The summed E-state index contributed by atoms with van der Waals surface area (Å²) in [5.74, 6) is 0.668. The molecule has 0 saturated heterocycles. The van der Waals surface area contributed by atoms with Crippen LogP contribution in [0, 0.1) is 6.92 Å². The van der Waals surface area contributed by atoms with Crippen molar-refractivity contribution < 1.29 is 9.52 Å². The van der Waals surface area contributed by atoms with Crippen molar-refractivity contribution in [3.05, 3.63) is 35.6 Å².